The standard InChI is InChI=1S/C15H30N2.ClH/c1-13(2)5-6-15-4-3-11-17(15)12-14-7-9-16-10-8-14;/h13-16H,3-12H2,1-2H3;1H. The van der Waals surface area contributed by atoms with E-state index in [0.717, 1.165) is 17.9 Å². The lowest BCUT2D eigenvalue weighted by atomic mass is 9.96. The van der Waals surface area contributed by atoms with Crippen molar-refractivity contribution >= 4 is 12.4 Å². The van der Waals surface area contributed by atoms with Crippen molar-refractivity contribution in [2.75, 3.05) is 26.2 Å². The Bertz CT molecular complexity index is 215. The van der Waals surface area contributed by atoms with Crippen LogP contribution >= 0.6 is 12.4 Å². The molecule has 2 saturated heterocycles. The molecular weight excluding hydrogens is 244 g/mol. The number of likely N-dealkylation sites (tertiary alicyclic amines) is 1. The van der Waals surface area contributed by atoms with Gasteiger partial charge in [-0.3, -0.25) is 0 Å². The lowest BCUT2D eigenvalue weighted by Gasteiger charge is -2.31. The van der Waals surface area contributed by atoms with Gasteiger partial charge in [-0.25, -0.2) is 0 Å². The number of hydrogen-bond acceptors (Lipinski definition) is 2. The Kier molecular flexibility index (Phi) is 7.59. The summed E-state index contributed by atoms with van der Waals surface area (Å²) in [4.78, 5) is 2.80. The number of halogens is 1. The molecule has 18 heavy (non-hydrogen) atoms. The summed E-state index contributed by atoms with van der Waals surface area (Å²) in [6.45, 7) is 9.94. The van der Waals surface area contributed by atoms with Crippen LogP contribution in [0.2, 0.25) is 0 Å². The summed E-state index contributed by atoms with van der Waals surface area (Å²) in [5.41, 5.74) is 0. The monoisotopic (exact) mass is 274 g/mol. The lowest BCUT2D eigenvalue weighted by molar-refractivity contribution is 0.180. The van der Waals surface area contributed by atoms with Crippen molar-refractivity contribution in [3.63, 3.8) is 0 Å². The van der Waals surface area contributed by atoms with Crippen LogP contribution in [0.25, 0.3) is 0 Å². The van der Waals surface area contributed by atoms with E-state index >= 15 is 0 Å². The Morgan fingerprint density at radius 1 is 1.17 bits per heavy atom. The van der Waals surface area contributed by atoms with Gasteiger partial charge in [0.1, 0.15) is 0 Å². The molecule has 2 rings (SSSR count). The summed E-state index contributed by atoms with van der Waals surface area (Å²) in [5.74, 6) is 1.84. The van der Waals surface area contributed by atoms with Crippen molar-refractivity contribution in [3.05, 3.63) is 0 Å². The number of nitrogens with one attached hydrogen (secondary N) is 1. The van der Waals surface area contributed by atoms with E-state index in [1.165, 1.54) is 64.7 Å². The van der Waals surface area contributed by atoms with Crippen LogP contribution in [0.4, 0.5) is 0 Å². The highest BCUT2D eigenvalue weighted by Gasteiger charge is 2.27. The van der Waals surface area contributed by atoms with Gasteiger partial charge in [0, 0.05) is 12.6 Å². The fourth-order valence-electron chi connectivity index (χ4n) is 3.38. The summed E-state index contributed by atoms with van der Waals surface area (Å²) in [7, 11) is 0. The van der Waals surface area contributed by atoms with Crippen molar-refractivity contribution in [1.82, 2.24) is 10.2 Å². The minimum atomic E-state index is 0. The molecule has 0 amide bonds. The van der Waals surface area contributed by atoms with Crippen LogP contribution in [0, 0.1) is 11.8 Å². The molecule has 3 heteroatoms. The van der Waals surface area contributed by atoms with E-state index in [1.54, 1.807) is 0 Å². The Balaban J connectivity index is 0.00000162. The molecule has 0 saturated carbocycles. The van der Waals surface area contributed by atoms with E-state index in [2.05, 4.69) is 24.1 Å². The highest BCUT2D eigenvalue weighted by Crippen LogP contribution is 2.25. The SMILES string of the molecule is CC(C)CCC1CCCN1CC1CCNCC1.Cl. The predicted octanol–water partition coefficient (Wildman–Crippen LogP) is 3.31. The van der Waals surface area contributed by atoms with E-state index in [-0.39, 0.29) is 12.4 Å². The third-order valence-electron chi connectivity index (χ3n) is 4.53. The Morgan fingerprint density at radius 3 is 2.56 bits per heavy atom. The van der Waals surface area contributed by atoms with Crippen LogP contribution in [0.5, 0.6) is 0 Å². The average molecular weight is 275 g/mol. The fourth-order valence-corrected chi connectivity index (χ4v) is 3.38. The van der Waals surface area contributed by atoms with Gasteiger partial charge < -0.3 is 10.2 Å². The summed E-state index contributed by atoms with van der Waals surface area (Å²) in [6.07, 6.45) is 8.53. The fraction of sp³-hybridized carbons (Fsp3) is 1.00. The van der Waals surface area contributed by atoms with E-state index in [9.17, 15) is 0 Å². The van der Waals surface area contributed by atoms with Crippen molar-refractivity contribution < 1.29 is 0 Å². The van der Waals surface area contributed by atoms with Gasteiger partial charge in [0.25, 0.3) is 0 Å². The molecule has 2 aliphatic heterocycles. The van der Waals surface area contributed by atoms with E-state index < -0.39 is 0 Å². The second-order valence-electron chi connectivity index (χ2n) is 6.46. The molecular formula is C15H31ClN2. The first-order chi connectivity index (χ1) is 8.25. The molecule has 2 aliphatic rings. The molecule has 2 nitrogen and oxygen atoms in total. The highest BCUT2D eigenvalue weighted by molar-refractivity contribution is 5.85. The maximum Gasteiger partial charge on any atom is 0.00959 e. The Labute approximate surface area is 119 Å². The molecule has 0 aromatic heterocycles. The first kappa shape index (κ1) is 16.3. The zero-order chi connectivity index (χ0) is 12.1. The van der Waals surface area contributed by atoms with Crippen molar-refractivity contribution in [3.8, 4) is 0 Å². The minimum Gasteiger partial charge on any atom is -0.317 e. The summed E-state index contributed by atoms with van der Waals surface area (Å²) in [6, 6.07) is 0.910. The largest absolute Gasteiger partial charge is 0.317 e. The van der Waals surface area contributed by atoms with Crippen LogP contribution in [0.15, 0.2) is 0 Å². The number of piperidine rings is 1. The van der Waals surface area contributed by atoms with Crippen molar-refractivity contribution in [2.45, 2.75) is 58.4 Å². The average Bonchev–Trinajstić information content (AvgIpc) is 2.75. The molecule has 1 atom stereocenters. The normalized spacial score (nSPS) is 26.5. The highest BCUT2D eigenvalue weighted by atomic mass is 35.5. The summed E-state index contributed by atoms with van der Waals surface area (Å²) in [5, 5.41) is 3.47. The quantitative estimate of drug-likeness (QED) is 0.828. The zero-order valence-electron chi connectivity index (χ0n) is 12.2. The van der Waals surface area contributed by atoms with Crippen molar-refractivity contribution in [1.29, 1.82) is 0 Å². The molecule has 108 valence electrons. The van der Waals surface area contributed by atoms with Crippen LogP contribution in [-0.2, 0) is 0 Å². The second kappa shape index (κ2) is 8.39. The Morgan fingerprint density at radius 2 is 1.89 bits per heavy atom. The molecule has 1 N–H and O–H groups in total. The molecule has 0 radical (unpaired) electrons. The van der Waals surface area contributed by atoms with Crippen LogP contribution in [-0.4, -0.2) is 37.1 Å². The molecule has 0 bridgehead atoms. The topological polar surface area (TPSA) is 15.3 Å². The Hall–Kier alpha value is 0.210. The first-order valence-electron chi connectivity index (χ1n) is 7.70. The zero-order valence-corrected chi connectivity index (χ0v) is 13.0. The second-order valence-corrected chi connectivity index (χ2v) is 6.46. The maximum atomic E-state index is 3.47. The van der Waals surface area contributed by atoms with Gasteiger partial charge >= 0.3 is 0 Å². The minimum absolute atomic E-state index is 0. The van der Waals surface area contributed by atoms with Gasteiger partial charge in [-0.2, -0.15) is 0 Å². The van der Waals surface area contributed by atoms with Crippen LogP contribution < -0.4 is 5.32 Å². The van der Waals surface area contributed by atoms with Gasteiger partial charge in [0.2, 0.25) is 0 Å². The third-order valence-corrected chi connectivity index (χ3v) is 4.53. The molecule has 2 fully saturated rings. The van der Waals surface area contributed by atoms with E-state index in [1.807, 2.05) is 0 Å². The van der Waals surface area contributed by atoms with Gasteiger partial charge in [-0.15, -0.1) is 12.4 Å². The predicted molar refractivity (Wildman–Crippen MR) is 81.5 cm³/mol. The van der Waals surface area contributed by atoms with Crippen molar-refractivity contribution in [2.24, 2.45) is 11.8 Å². The van der Waals surface area contributed by atoms with Gasteiger partial charge in [0.05, 0.1) is 0 Å². The molecule has 1 unspecified atom stereocenters. The third kappa shape index (κ3) is 5.07. The van der Waals surface area contributed by atoms with E-state index in [0.29, 0.717) is 0 Å². The van der Waals surface area contributed by atoms with Crippen LogP contribution in [0.3, 0.4) is 0 Å². The lowest BCUT2D eigenvalue weighted by Crippen LogP contribution is -2.38. The summed E-state index contributed by atoms with van der Waals surface area (Å²) < 4.78 is 0. The molecule has 0 spiro atoms. The number of rotatable bonds is 5. The molecule has 0 aromatic carbocycles. The molecule has 0 aliphatic carbocycles. The smallest absolute Gasteiger partial charge is 0.00959 e. The number of nitrogens with zero attached hydrogens (tertiary/aromatic N) is 1. The maximum absolute atomic E-state index is 3.47. The van der Waals surface area contributed by atoms with Gasteiger partial charge in [0.15, 0.2) is 0 Å². The van der Waals surface area contributed by atoms with Gasteiger partial charge in [-0.05, 0) is 70.0 Å². The summed E-state index contributed by atoms with van der Waals surface area (Å²) >= 11 is 0. The van der Waals surface area contributed by atoms with E-state index in [4.69, 9.17) is 0 Å². The van der Waals surface area contributed by atoms with Gasteiger partial charge in [-0.1, -0.05) is 13.8 Å². The van der Waals surface area contributed by atoms with Crippen LogP contribution in [0.1, 0.15) is 52.4 Å². The molecule has 2 heterocycles. The number of hydrogen-bond donors (Lipinski definition) is 1. The molecule has 0 aromatic rings. The first-order valence-corrected chi connectivity index (χ1v) is 7.70.